The second-order valence-electron chi connectivity index (χ2n) is 4.33. The van der Waals surface area contributed by atoms with E-state index in [4.69, 9.17) is 11.0 Å². The smallest absolute Gasteiger partial charge is 0.249 e. The van der Waals surface area contributed by atoms with E-state index in [0.29, 0.717) is 11.3 Å². The van der Waals surface area contributed by atoms with E-state index in [1.54, 1.807) is 12.1 Å². The van der Waals surface area contributed by atoms with E-state index >= 15 is 0 Å². The predicted molar refractivity (Wildman–Crippen MR) is 76.7 cm³/mol. The van der Waals surface area contributed by atoms with E-state index in [0.717, 1.165) is 4.47 Å². The normalized spacial score (nSPS) is 16.8. The van der Waals surface area contributed by atoms with Crippen molar-refractivity contribution in [1.82, 2.24) is 5.32 Å². The molecule has 104 valence electrons. The molecule has 6 nitrogen and oxygen atoms in total. The highest BCUT2D eigenvalue weighted by Gasteiger charge is 2.37. The van der Waals surface area contributed by atoms with Gasteiger partial charge in [0.1, 0.15) is 12.6 Å². The van der Waals surface area contributed by atoms with Gasteiger partial charge < -0.3 is 16.0 Å². The number of hydrogen-bond acceptors (Lipinski definition) is 4. The number of amides is 2. The molecule has 2 amide bonds. The summed E-state index contributed by atoms with van der Waals surface area (Å²) in [5, 5.41) is 11.0. The first-order valence-corrected chi connectivity index (χ1v) is 6.84. The van der Waals surface area contributed by atoms with Crippen LogP contribution < -0.4 is 16.0 Å². The number of rotatable bonds is 4. The van der Waals surface area contributed by atoms with Crippen LogP contribution in [0.15, 0.2) is 22.7 Å². The number of carbonyl (C=O) groups excluding carboxylic acids is 2. The summed E-state index contributed by atoms with van der Waals surface area (Å²) in [6, 6.07) is 6.53. The van der Waals surface area contributed by atoms with E-state index in [-0.39, 0.29) is 31.3 Å². The summed E-state index contributed by atoms with van der Waals surface area (Å²) in [5.74, 6) is -0.615. The number of halogens is 1. The van der Waals surface area contributed by atoms with E-state index in [1.807, 2.05) is 12.1 Å². The van der Waals surface area contributed by atoms with Gasteiger partial charge in [-0.1, -0.05) is 22.0 Å². The van der Waals surface area contributed by atoms with Crippen molar-refractivity contribution in [1.29, 1.82) is 5.26 Å². The Bertz CT molecular complexity index is 597. The number of nitrogens with two attached hydrogens (primary N) is 1. The lowest BCUT2D eigenvalue weighted by Crippen LogP contribution is -2.40. The third kappa shape index (κ3) is 2.66. The van der Waals surface area contributed by atoms with Crippen LogP contribution in [0.3, 0.4) is 0 Å². The monoisotopic (exact) mass is 336 g/mol. The zero-order valence-corrected chi connectivity index (χ0v) is 12.2. The minimum absolute atomic E-state index is 0.0958. The Morgan fingerprint density at radius 1 is 1.55 bits per heavy atom. The SMILES string of the molecule is N#CCCNC(=O)CN1C(=O)C(N)c2c(Br)cccc21. The number of carbonyl (C=O) groups is 2. The van der Waals surface area contributed by atoms with E-state index < -0.39 is 6.04 Å². The standard InChI is InChI=1S/C13H13BrN4O2/c14-8-3-1-4-9-11(8)12(16)13(20)18(9)7-10(19)17-6-2-5-15/h1,3-4,12H,2,6-7,16H2,(H,17,19). The molecule has 0 radical (unpaired) electrons. The van der Waals surface area contributed by atoms with Crippen molar-refractivity contribution < 1.29 is 9.59 Å². The van der Waals surface area contributed by atoms with Crippen LogP contribution in [0.5, 0.6) is 0 Å². The molecule has 1 aromatic rings. The highest BCUT2D eigenvalue weighted by atomic mass is 79.9. The number of fused-ring (bicyclic) bond motifs is 1. The highest BCUT2D eigenvalue weighted by molar-refractivity contribution is 9.10. The molecule has 0 fully saturated rings. The van der Waals surface area contributed by atoms with Gasteiger partial charge in [-0.15, -0.1) is 0 Å². The van der Waals surface area contributed by atoms with Crippen molar-refractivity contribution in [2.75, 3.05) is 18.0 Å². The summed E-state index contributed by atoms with van der Waals surface area (Å²) in [5.41, 5.74) is 7.22. The molecule has 0 saturated heterocycles. The van der Waals surface area contributed by atoms with Crippen LogP contribution in [0.1, 0.15) is 18.0 Å². The molecule has 0 bridgehead atoms. The van der Waals surface area contributed by atoms with Crippen molar-refractivity contribution in [2.45, 2.75) is 12.5 Å². The predicted octanol–water partition coefficient (Wildman–Crippen LogP) is 0.825. The molecule has 2 rings (SSSR count). The van der Waals surface area contributed by atoms with Crippen molar-refractivity contribution in [3.8, 4) is 6.07 Å². The maximum absolute atomic E-state index is 12.1. The third-order valence-corrected chi connectivity index (χ3v) is 3.72. The Morgan fingerprint density at radius 2 is 2.30 bits per heavy atom. The van der Waals surface area contributed by atoms with E-state index in [9.17, 15) is 9.59 Å². The van der Waals surface area contributed by atoms with Crippen LogP contribution in [0.4, 0.5) is 5.69 Å². The van der Waals surface area contributed by atoms with Gasteiger partial charge in [-0.2, -0.15) is 5.26 Å². The van der Waals surface area contributed by atoms with Gasteiger partial charge in [0, 0.05) is 16.6 Å². The van der Waals surface area contributed by atoms with Gasteiger partial charge in [0.05, 0.1) is 18.2 Å². The summed E-state index contributed by atoms with van der Waals surface area (Å²) >= 11 is 3.36. The van der Waals surface area contributed by atoms with Crippen molar-refractivity contribution in [3.05, 3.63) is 28.2 Å². The number of hydrogen-bond donors (Lipinski definition) is 2. The molecule has 1 heterocycles. The average Bonchev–Trinajstić information content (AvgIpc) is 2.65. The lowest BCUT2D eigenvalue weighted by atomic mass is 10.1. The average molecular weight is 337 g/mol. The molecule has 3 N–H and O–H groups in total. The molecule has 1 unspecified atom stereocenters. The van der Waals surface area contributed by atoms with Crippen LogP contribution in [-0.4, -0.2) is 24.9 Å². The lowest BCUT2D eigenvalue weighted by Gasteiger charge is -2.17. The quantitative estimate of drug-likeness (QED) is 0.795. The Kier molecular flexibility index (Phi) is 4.37. The zero-order valence-electron chi connectivity index (χ0n) is 10.6. The third-order valence-electron chi connectivity index (χ3n) is 3.02. The van der Waals surface area contributed by atoms with Gasteiger partial charge in [-0.3, -0.25) is 9.59 Å². The Hall–Kier alpha value is -1.91. The second-order valence-corrected chi connectivity index (χ2v) is 5.19. The van der Waals surface area contributed by atoms with Crippen LogP contribution in [0.25, 0.3) is 0 Å². The molecule has 20 heavy (non-hydrogen) atoms. The summed E-state index contributed by atoms with van der Waals surface area (Å²) < 4.78 is 0.753. The summed E-state index contributed by atoms with van der Waals surface area (Å²) in [7, 11) is 0. The number of nitrogens with zero attached hydrogens (tertiary/aromatic N) is 2. The Labute approximate surface area is 124 Å². The molecular formula is C13H13BrN4O2. The molecule has 0 aromatic heterocycles. The first kappa shape index (κ1) is 14.5. The van der Waals surface area contributed by atoms with Crippen molar-refractivity contribution in [3.63, 3.8) is 0 Å². The minimum atomic E-state index is -0.757. The van der Waals surface area contributed by atoms with Crippen LogP contribution in [0, 0.1) is 11.3 Å². The lowest BCUT2D eigenvalue weighted by molar-refractivity contribution is -0.124. The highest BCUT2D eigenvalue weighted by Crippen LogP contribution is 2.38. The van der Waals surface area contributed by atoms with Gasteiger partial charge >= 0.3 is 0 Å². The molecule has 1 aliphatic rings. The maximum atomic E-state index is 12.1. The first-order chi connectivity index (χ1) is 9.56. The zero-order chi connectivity index (χ0) is 14.7. The van der Waals surface area contributed by atoms with Crippen LogP contribution >= 0.6 is 15.9 Å². The number of nitriles is 1. The topological polar surface area (TPSA) is 99.2 Å². The fourth-order valence-corrected chi connectivity index (χ4v) is 2.70. The van der Waals surface area contributed by atoms with E-state index in [2.05, 4.69) is 21.2 Å². The summed E-state index contributed by atoms with van der Waals surface area (Å²) in [4.78, 5) is 25.2. The fourth-order valence-electron chi connectivity index (χ4n) is 2.10. The number of benzene rings is 1. The largest absolute Gasteiger partial charge is 0.354 e. The van der Waals surface area contributed by atoms with Gasteiger partial charge in [0.15, 0.2) is 0 Å². The Morgan fingerprint density at radius 3 is 3.00 bits per heavy atom. The first-order valence-electron chi connectivity index (χ1n) is 6.05. The molecular weight excluding hydrogens is 324 g/mol. The maximum Gasteiger partial charge on any atom is 0.249 e. The molecule has 1 aliphatic heterocycles. The summed E-state index contributed by atoms with van der Waals surface area (Å²) in [6.45, 7) is 0.177. The van der Waals surface area contributed by atoms with Gasteiger partial charge in [-0.05, 0) is 12.1 Å². The molecule has 1 atom stereocenters. The van der Waals surface area contributed by atoms with Gasteiger partial charge in [0.25, 0.3) is 0 Å². The number of nitrogens with one attached hydrogen (secondary N) is 1. The van der Waals surface area contributed by atoms with Gasteiger partial charge in [-0.25, -0.2) is 0 Å². The summed E-state index contributed by atoms with van der Waals surface area (Å²) in [6.07, 6.45) is 0.237. The number of anilines is 1. The van der Waals surface area contributed by atoms with Crippen molar-refractivity contribution >= 4 is 33.4 Å². The van der Waals surface area contributed by atoms with Crippen LogP contribution in [-0.2, 0) is 9.59 Å². The van der Waals surface area contributed by atoms with E-state index in [1.165, 1.54) is 4.90 Å². The minimum Gasteiger partial charge on any atom is -0.354 e. The van der Waals surface area contributed by atoms with Gasteiger partial charge in [0.2, 0.25) is 11.8 Å². The molecule has 0 saturated carbocycles. The molecule has 0 aliphatic carbocycles. The molecule has 7 heteroatoms. The fraction of sp³-hybridized carbons (Fsp3) is 0.308. The van der Waals surface area contributed by atoms with Crippen LogP contribution in [0.2, 0.25) is 0 Å². The molecule has 0 spiro atoms. The Balaban J connectivity index is 2.14. The molecule has 1 aromatic carbocycles. The second kappa shape index (κ2) is 6.03. The van der Waals surface area contributed by atoms with Crippen molar-refractivity contribution in [2.24, 2.45) is 5.73 Å².